The van der Waals surface area contributed by atoms with Gasteiger partial charge in [-0.1, -0.05) is 0 Å². The predicted molar refractivity (Wildman–Crippen MR) is 65.3 cm³/mol. The van der Waals surface area contributed by atoms with Gasteiger partial charge in [0.25, 0.3) is 0 Å². The number of rotatable bonds is 2. The number of hydrogen-bond donors (Lipinski definition) is 2. The molecule has 1 unspecified atom stereocenters. The summed E-state index contributed by atoms with van der Waals surface area (Å²) in [7, 11) is 0. The molecular formula is C12H15N3O3. The average Bonchev–Trinajstić information content (AvgIpc) is 2.81. The number of likely N-dealkylation sites (tertiary alicyclic amines) is 1. The molecule has 2 amide bonds. The minimum atomic E-state index is -0.845. The average molecular weight is 249 g/mol. The summed E-state index contributed by atoms with van der Waals surface area (Å²) in [5.41, 5.74) is 1.39. The van der Waals surface area contributed by atoms with E-state index in [0.29, 0.717) is 18.7 Å². The first kappa shape index (κ1) is 12.3. The van der Waals surface area contributed by atoms with E-state index in [-0.39, 0.29) is 12.6 Å². The number of nitrogens with zero attached hydrogens (tertiary/aromatic N) is 2. The number of anilines is 1. The summed E-state index contributed by atoms with van der Waals surface area (Å²) in [6, 6.07) is 3.24. The van der Waals surface area contributed by atoms with Crippen molar-refractivity contribution in [2.24, 2.45) is 5.92 Å². The number of aliphatic carboxylic acids is 1. The highest BCUT2D eigenvalue weighted by molar-refractivity contribution is 5.90. The topological polar surface area (TPSA) is 82.5 Å². The molecule has 0 aromatic carbocycles. The number of carboxylic acid groups (broad SMARTS) is 1. The monoisotopic (exact) mass is 249 g/mol. The Balaban J connectivity index is 1.98. The maximum absolute atomic E-state index is 11.9. The quantitative estimate of drug-likeness (QED) is 0.828. The van der Waals surface area contributed by atoms with Crippen LogP contribution in [-0.4, -0.2) is 40.1 Å². The maximum Gasteiger partial charge on any atom is 0.321 e. The molecule has 1 aliphatic heterocycles. The molecular weight excluding hydrogens is 234 g/mol. The van der Waals surface area contributed by atoms with Crippen molar-refractivity contribution in [3.63, 3.8) is 0 Å². The fourth-order valence-electron chi connectivity index (χ4n) is 1.96. The lowest BCUT2D eigenvalue weighted by Gasteiger charge is -2.17. The molecule has 2 rings (SSSR count). The molecule has 0 saturated carbocycles. The zero-order chi connectivity index (χ0) is 13.1. The molecule has 1 aromatic heterocycles. The summed E-state index contributed by atoms with van der Waals surface area (Å²) in [4.78, 5) is 28.3. The first-order chi connectivity index (χ1) is 8.58. The minimum absolute atomic E-state index is 0.264. The van der Waals surface area contributed by atoms with Crippen LogP contribution in [0.3, 0.4) is 0 Å². The van der Waals surface area contributed by atoms with Crippen molar-refractivity contribution in [1.29, 1.82) is 0 Å². The van der Waals surface area contributed by atoms with E-state index in [1.54, 1.807) is 25.3 Å². The summed E-state index contributed by atoms with van der Waals surface area (Å²) in [6.07, 6.45) is 2.16. The Morgan fingerprint density at radius 3 is 2.94 bits per heavy atom. The minimum Gasteiger partial charge on any atom is -0.481 e. The third kappa shape index (κ3) is 2.58. The fraction of sp³-hybridized carbons (Fsp3) is 0.417. The van der Waals surface area contributed by atoms with E-state index < -0.39 is 11.9 Å². The van der Waals surface area contributed by atoms with Crippen molar-refractivity contribution in [3.8, 4) is 0 Å². The highest BCUT2D eigenvalue weighted by atomic mass is 16.4. The van der Waals surface area contributed by atoms with Crippen LogP contribution in [0.15, 0.2) is 18.3 Å². The number of amides is 2. The number of carbonyl (C=O) groups excluding carboxylic acids is 1. The van der Waals surface area contributed by atoms with E-state index in [1.807, 2.05) is 0 Å². The van der Waals surface area contributed by atoms with Crippen molar-refractivity contribution in [2.45, 2.75) is 13.3 Å². The maximum atomic E-state index is 11.9. The number of urea groups is 1. The molecule has 1 fully saturated rings. The smallest absolute Gasteiger partial charge is 0.321 e. The number of hydrogen-bond acceptors (Lipinski definition) is 3. The Hall–Kier alpha value is -2.11. The van der Waals surface area contributed by atoms with Gasteiger partial charge in [-0.15, -0.1) is 0 Å². The van der Waals surface area contributed by atoms with Crippen LogP contribution in [0.2, 0.25) is 0 Å². The molecule has 1 saturated heterocycles. The number of carbonyl (C=O) groups is 2. The number of aromatic nitrogens is 1. The van der Waals surface area contributed by atoms with Crippen LogP contribution in [0.5, 0.6) is 0 Å². The molecule has 6 nitrogen and oxygen atoms in total. The Morgan fingerprint density at radius 1 is 1.56 bits per heavy atom. The van der Waals surface area contributed by atoms with Gasteiger partial charge in [0, 0.05) is 19.3 Å². The van der Waals surface area contributed by atoms with Gasteiger partial charge in [0.2, 0.25) is 0 Å². The summed E-state index contributed by atoms with van der Waals surface area (Å²) < 4.78 is 0. The van der Waals surface area contributed by atoms with Crippen LogP contribution in [-0.2, 0) is 4.79 Å². The van der Waals surface area contributed by atoms with E-state index >= 15 is 0 Å². The van der Waals surface area contributed by atoms with Crippen molar-refractivity contribution >= 4 is 17.7 Å². The van der Waals surface area contributed by atoms with Crippen molar-refractivity contribution in [3.05, 3.63) is 24.0 Å². The SMILES string of the molecule is Cc1ncccc1NC(=O)N1CCC(C(=O)O)C1. The summed E-state index contributed by atoms with van der Waals surface area (Å²) in [6.45, 7) is 2.54. The summed E-state index contributed by atoms with van der Waals surface area (Å²) in [5, 5.41) is 11.6. The van der Waals surface area contributed by atoms with Gasteiger partial charge in [-0.05, 0) is 25.5 Å². The fourth-order valence-corrected chi connectivity index (χ4v) is 1.96. The van der Waals surface area contributed by atoms with Gasteiger partial charge in [-0.2, -0.15) is 0 Å². The lowest BCUT2D eigenvalue weighted by atomic mass is 10.1. The van der Waals surface area contributed by atoms with Gasteiger partial charge < -0.3 is 15.3 Å². The zero-order valence-corrected chi connectivity index (χ0v) is 10.1. The molecule has 2 N–H and O–H groups in total. The number of carboxylic acids is 1. The van der Waals surface area contributed by atoms with Gasteiger partial charge in [-0.3, -0.25) is 9.78 Å². The van der Waals surface area contributed by atoms with Gasteiger partial charge in [0.1, 0.15) is 0 Å². The Kier molecular flexibility index (Phi) is 3.45. The largest absolute Gasteiger partial charge is 0.481 e. The standard InChI is InChI=1S/C12H15N3O3/c1-8-10(3-2-5-13-8)14-12(18)15-6-4-9(7-15)11(16)17/h2-3,5,9H,4,6-7H2,1H3,(H,14,18)(H,16,17). The first-order valence-corrected chi connectivity index (χ1v) is 5.78. The Labute approximate surface area is 105 Å². The second-order valence-electron chi connectivity index (χ2n) is 4.34. The molecule has 1 atom stereocenters. The third-order valence-corrected chi connectivity index (χ3v) is 3.07. The van der Waals surface area contributed by atoms with Crippen LogP contribution in [0, 0.1) is 12.8 Å². The van der Waals surface area contributed by atoms with E-state index in [2.05, 4.69) is 10.3 Å². The van der Waals surface area contributed by atoms with Gasteiger partial charge in [-0.25, -0.2) is 4.79 Å². The van der Waals surface area contributed by atoms with Gasteiger partial charge in [0.05, 0.1) is 17.3 Å². The molecule has 96 valence electrons. The van der Waals surface area contributed by atoms with Gasteiger partial charge >= 0.3 is 12.0 Å². The molecule has 0 bridgehead atoms. The molecule has 2 heterocycles. The van der Waals surface area contributed by atoms with E-state index in [4.69, 9.17) is 5.11 Å². The predicted octanol–water partition coefficient (Wildman–Crippen LogP) is 1.33. The zero-order valence-electron chi connectivity index (χ0n) is 10.1. The highest BCUT2D eigenvalue weighted by Crippen LogP contribution is 2.18. The van der Waals surface area contributed by atoms with Crippen molar-refractivity contribution < 1.29 is 14.7 Å². The molecule has 18 heavy (non-hydrogen) atoms. The van der Waals surface area contributed by atoms with Crippen LogP contribution >= 0.6 is 0 Å². The molecule has 0 spiro atoms. The number of nitrogens with one attached hydrogen (secondary N) is 1. The Bertz CT molecular complexity index is 475. The van der Waals surface area contributed by atoms with Crippen molar-refractivity contribution in [2.75, 3.05) is 18.4 Å². The van der Waals surface area contributed by atoms with Gasteiger partial charge in [0.15, 0.2) is 0 Å². The first-order valence-electron chi connectivity index (χ1n) is 5.78. The molecule has 0 aliphatic carbocycles. The van der Waals surface area contributed by atoms with Crippen molar-refractivity contribution in [1.82, 2.24) is 9.88 Å². The normalized spacial score (nSPS) is 18.7. The third-order valence-electron chi connectivity index (χ3n) is 3.07. The van der Waals surface area contributed by atoms with E-state index in [9.17, 15) is 9.59 Å². The second-order valence-corrected chi connectivity index (χ2v) is 4.34. The number of pyridine rings is 1. The summed E-state index contributed by atoms with van der Waals surface area (Å²) >= 11 is 0. The molecule has 1 aromatic rings. The second kappa shape index (κ2) is 5.03. The lowest BCUT2D eigenvalue weighted by Crippen LogP contribution is -2.34. The molecule has 0 radical (unpaired) electrons. The van der Waals surface area contributed by atoms with Crippen LogP contribution in [0.25, 0.3) is 0 Å². The highest BCUT2D eigenvalue weighted by Gasteiger charge is 2.30. The van der Waals surface area contributed by atoms with Crippen LogP contribution in [0.1, 0.15) is 12.1 Å². The number of aryl methyl sites for hydroxylation is 1. The summed E-state index contributed by atoms with van der Waals surface area (Å²) in [5.74, 6) is -1.30. The molecule has 6 heteroatoms. The molecule has 1 aliphatic rings. The van der Waals surface area contributed by atoms with E-state index in [1.165, 1.54) is 4.90 Å². The van der Waals surface area contributed by atoms with Crippen LogP contribution < -0.4 is 5.32 Å². The lowest BCUT2D eigenvalue weighted by molar-refractivity contribution is -0.141. The van der Waals surface area contributed by atoms with Crippen LogP contribution in [0.4, 0.5) is 10.5 Å². The Morgan fingerprint density at radius 2 is 2.33 bits per heavy atom. The van der Waals surface area contributed by atoms with E-state index in [0.717, 1.165) is 5.69 Å².